The lowest BCUT2D eigenvalue weighted by Gasteiger charge is -2.42. The van der Waals surface area contributed by atoms with Gasteiger partial charge in [-0.25, -0.2) is 4.99 Å². The topological polar surface area (TPSA) is 100 Å². The maximum atomic E-state index is 9.87. The molecule has 0 aromatic carbocycles. The molecule has 1 aliphatic carbocycles. The molecule has 1 fully saturated rings. The summed E-state index contributed by atoms with van der Waals surface area (Å²) in [7, 11) is 0. The van der Waals surface area contributed by atoms with Gasteiger partial charge in [0, 0.05) is 0 Å². The molecular weight excluding hydrogens is 194 g/mol. The molecule has 0 saturated heterocycles. The zero-order valence-corrected chi connectivity index (χ0v) is 8.85. The Morgan fingerprint density at radius 3 is 2.60 bits per heavy atom. The van der Waals surface area contributed by atoms with Crippen molar-refractivity contribution < 1.29 is 5.21 Å². The van der Waals surface area contributed by atoms with E-state index in [0.29, 0.717) is 5.92 Å². The quantitative estimate of drug-likeness (QED) is 0.533. The van der Waals surface area contributed by atoms with Crippen molar-refractivity contribution >= 4 is 11.9 Å². The zero-order valence-electron chi connectivity index (χ0n) is 8.85. The van der Waals surface area contributed by atoms with Crippen molar-refractivity contribution in [3.8, 4) is 0 Å². The smallest absolute Gasteiger partial charge is 0.225 e. The molecule has 0 atom stereocenters. The van der Waals surface area contributed by atoms with Crippen LogP contribution in [0.3, 0.4) is 0 Å². The van der Waals surface area contributed by atoms with E-state index >= 15 is 0 Å². The monoisotopic (exact) mass is 211 g/mol. The second-order valence-corrected chi connectivity index (χ2v) is 4.42. The standard InChI is InChI=1S/C9H17N5O/c1-6-2-4-9(5-3-6)13-7(10)12-8(11)14(9)15/h6,15H,2-5H2,1H3,(H4,10,11,12,13). The van der Waals surface area contributed by atoms with E-state index in [1.807, 2.05) is 0 Å². The van der Waals surface area contributed by atoms with Gasteiger partial charge in [-0.05, 0) is 31.6 Å². The maximum Gasteiger partial charge on any atom is 0.225 e. The van der Waals surface area contributed by atoms with E-state index < -0.39 is 5.66 Å². The Balaban J connectivity index is 2.25. The first-order valence-corrected chi connectivity index (χ1v) is 5.22. The zero-order chi connectivity index (χ0) is 11.1. The van der Waals surface area contributed by atoms with Gasteiger partial charge in [-0.15, -0.1) is 0 Å². The van der Waals surface area contributed by atoms with Gasteiger partial charge in [0.25, 0.3) is 0 Å². The molecule has 84 valence electrons. The Bertz CT molecular complexity index is 316. The molecule has 5 N–H and O–H groups in total. The van der Waals surface area contributed by atoms with Crippen LogP contribution in [0, 0.1) is 5.92 Å². The van der Waals surface area contributed by atoms with Crippen LogP contribution < -0.4 is 11.5 Å². The van der Waals surface area contributed by atoms with E-state index in [1.165, 1.54) is 0 Å². The largest absolute Gasteiger partial charge is 0.368 e. The van der Waals surface area contributed by atoms with Crippen molar-refractivity contribution in [1.29, 1.82) is 0 Å². The van der Waals surface area contributed by atoms with E-state index in [9.17, 15) is 5.21 Å². The van der Waals surface area contributed by atoms with Crippen LogP contribution in [0.2, 0.25) is 0 Å². The Labute approximate surface area is 88.6 Å². The van der Waals surface area contributed by atoms with E-state index in [0.717, 1.165) is 30.7 Å². The molecule has 0 aromatic rings. The fourth-order valence-corrected chi connectivity index (χ4v) is 2.21. The van der Waals surface area contributed by atoms with Crippen molar-refractivity contribution in [3.63, 3.8) is 0 Å². The van der Waals surface area contributed by atoms with Crippen LogP contribution in [-0.2, 0) is 0 Å². The predicted octanol–water partition coefficient (Wildman–Crippen LogP) is 0.227. The summed E-state index contributed by atoms with van der Waals surface area (Å²) in [5.41, 5.74) is 10.5. The van der Waals surface area contributed by atoms with E-state index in [-0.39, 0.29) is 11.9 Å². The molecule has 1 aliphatic heterocycles. The molecule has 1 heterocycles. The van der Waals surface area contributed by atoms with Gasteiger partial charge in [-0.1, -0.05) is 6.92 Å². The normalized spacial score (nSPS) is 36.4. The maximum absolute atomic E-state index is 9.87. The van der Waals surface area contributed by atoms with Gasteiger partial charge in [-0.2, -0.15) is 10.1 Å². The molecule has 0 amide bonds. The molecule has 0 radical (unpaired) electrons. The van der Waals surface area contributed by atoms with Crippen LogP contribution in [0.4, 0.5) is 0 Å². The lowest BCUT2D eigenvalue weighted by Crippen LogP contribution is -2.56. The minimum Gasteiger partial charge on any atom is -0.368 e. The number of aliphatic imine (C=N–C) groups is 2. The van der Waals surface area contributed by atoms with Crippen molar-refractivity contribution in [1.82, 2.24) is 5.06 Å². The summed E-state index contributed by atoms with van der Waals surface area (Å²) < 4.78 is 0. The number of nitrogens with two attached hydrogens (primary N) is 2. The van der Waals surface area contributed by atoms with Gasteiger partial charge in [0.15, 0.2) is 5.66 Å². The first-order chi connectivity index (χ1) is 7.03. The number of guanidine groups is 2. The lowest BCUT2D eigenvalue weighted by molar-refractivity contribution is -0.124. The van der Waals surface area contributed by atoms with Gasteiger partial charge in [0.1, 0.15) is 0 Å². The fourth-order valence-electron chi connectivity index (χ4n) is 2.21. The molecule has 2 aliphatic rings. The molecule has 6 nitrogen and oxygen atoms in total. The second kappa shape index (κ2) is 3.37. The first-order valence-electron chi connectivity index (χ1n) is 5.22. The summed E-state index contributed by atoms with van der Waals surface area (Å²) in [4.78, 5) is 7.97. The third-order valence-electron chi connectivity index (χ3n) is 3.24. The van der Waals surface area contributed by atoms with E-state index in [4.69, 9.17) is 11.5 Å². The third-order valence-corrected chi connectivity index (χ3v) is 3.24. The summed E-state index contributed by atoms with van der Waals surface area (Å²) in [6.45, 7) is 2.20. The molecule has 0 bridgehead atoms. The van der Waals surface area contributed by atoms with Crippen LogP contribution in [0.1, 0.15) is 32.6 Å². The van der Waals surface area contributed by atoms with Gasteiger partial charge >= 0.3 is 0 Å². The van der Waals surface area contributed by atoms with Crippen molar-refractivity contribution in [2.75, 3.05) is 0 Å². The number of rotatable bonds is 0. The summed E-state index contributed by atoms with van der Waals surface area (Å²) in [5, 5.41) is 10.8. The third kappa shape index (κ3) is 1.65. The molecular formula is C9H17N5O. The predicted molar refractivity (Wildman–Crippen MR) is 57.2 cm³/mol. The minimum atomic E-state index is -0.664. The number of hydrogen-bond donors (Lipinski definition) is 3. The average molecular weight is 211 g/mol. The van der Waals surface area contributed by atoms with Crippen LogP contribution in [0.5, 0.6) is 0 Å². The van der Waals surface area contributed by atoms with Crippen molar-refractivity contribution in [3.05, 3.63) is 0 Å². The van der Waals surface area contributed by atoms with E-state index in [1.54, 1.807) is 0 Å². The van der Waals surface area contributed by atoms with Crippen LogP contribution in [-0.4, -0.2) is 27.9 Å². The number of hydrogen-bond acceptors (Lipinski definition) is 6. The summed E-state index contributed by atoms with van der Waals surface area (Å²) >= 11 is 0. The Morgan fingerprint density at radius 1 is 1.40 bits per heavy atom. The summed E-state index contributed by atoms with van der Waals surface area (Å²) in [6.07, 6.45) is 3.56. The highest BCUT2D eigenvalue weighted by molar-refractivity contribution is 5.95. The molecule has 0 unspecified atom stereocenters. The molecule has 15 heavy (non-hydrogen) atoms. The second-order valence-electron chi connectivity index (χ2n) is 4.42. The summed E-state index contributed by atoms with van der Waals surface area (Å²) in [6, 6.07) is 0. The highest BCUT2D eigenvalue weighted by atomic mass is 16.5. The summed E-state index contributed by atoms with van der Waals surface area (Å²) in [5.74, 6) is 0.866. The SMILES string of the molecule is CC1CCC2(CC1)N=C(N)N=C(N)N2O. The molecule has 0 aromatic heterocycles. The molecule has 6 heteroatoms. The Hall–Kier alpha value is -1.30. The van der Waals surface area contributed by atoms with Gasteiger partial charge in [0.05, 0.1) is 0 Å². The number of nitrogens with zero attached hydrogens (tertiary/aromatic N) is 3. The fraction of sp³-hybridized carbons (Fsp3) is 0.778. The Morgan fingerprint density at radius 2 is 2.00 bits per heavy atom. The molecule has 1 spiro atoms. The number of hydroxylamine groups is 2. The molecule has 1 saturated carbocycles. The van der Waals surface area contributed by atoms with Crippen LogP contribution in [0.15, 0.2) is 9.98 Å². The van der Waals surface area contributed by atoms with Gasteiger partial charge in [-0.3, -0.25) is 5.21 Å². The van der Waals surface area contributed by atoms with E-state index in [2.05, 4.69) is 16.9 Å². The molecule has 2 rings (SSSR count). The average Bonchev–Trinajstić information content (AvgIpc) is 2.19. The minimum absolute atomic E-state index is 0.0389. The van der Waals surface area contributed by atoms with Crippen molar-refractivity contribution in [2.45, 2.75) is 38.3 Å². The first kappa shape index (κ1) is 10.2. The van der Waals surface area contributed by atoms with Crippen LogP contribution >= 0.6 is 0 Å². The highest BCUT2D eigenvalue weighted by Gasteiger charge is 2.42. The van der Waals surface area contributed by atoms with Crippen molar-refractivity contribution in [2.24, 2.45) is 27.4 Å². The van der Waals surface area contributed by atoms with Crippen LogP contribution in [0.25, 0.3) is 0 Å². The highest BCUT2D eigenvalue weighted by Crippen LogP contribution is 2.37. The van der Waals surface area contributed by atoms with Gasteiger partial charge < -0.3 is 11.5 Å². The van der Waals surface area contributed by atoms with Gasteiger partial charge in [0.2, 0.25) is 11.9 Å². The lowest BCUT2D eigenvalue weighted by atomic mass is 9.82. The Kier molecular flexibility index (Phi) is 2.30.